The highest BCUT2D eigenvalue weighted by Crippen LogP contribution is 2.47. The fourth-order valence-corrected chi connectivity index (χ4v) is 7.43. The van der Waals surface area contributed by atoms with Crippen LogP contribution in [-0.2, 0) is 9.53 Å². The van der Waals surface area contributed by atoms with Crippen LogP contribution in [0.25, 0.3) is 0 Å². The molecule has 1 unspecified atom stereocenters. The Balaban J connectivity index is 2.14. The van der Waals surface area contributed by atoms with Crippen LogP contribution in [0.3, 0.4) is 0 Å². The standard InChI is InChI=1S/C46H82O2/c1-4-7-9-11-13-15-17-19-21-23-25-27-29-31-33-35-37-40-46(42-39-44(43-46)48-45(47)6-3)41-38-36-34-32-30-28-26-24-22-20-18-16-14-12-10-8-5-2/h13-16,19-22,44H,4-12,17-18,23-43H2,1-3H3/b15-13-,16-14-,21-19-,22-20-. The summed E-state index contributed by atoms with van der Waals surface area (Å²) in [5, 5.41) is 0. The molecule has 278 valence electrons. The van der Waals surface area contributed by atoms with Crippen molar-refractivity contribution in [3.63, 3.8) is 0 Å². The van der Waals surface area contributed by atoms with E-state index >= 15 is 0 Å². The summed E-state index contributed by atoms with van der Waals surface area (Å²) < 4.78 is 5.83. The molecule has 1 atom stereocenters. The zero-order valence-electron chi connectivity index (χ0n) is 32.6. The van der Waals surface area contributed by atoms with Crippen molar-refractivity contribution in [2.75, 3.05) is 0 Å². The predicted molar refractivity (Wildman–Crippen MR) is 214 cm³/mol. The Labute approximate surface area is 301 Å². The number of carbonyl (C=O) groups is 1. The fourth-order valence-electron chi connectivity index (χ4n) is 7.43. The number of hydrogen-bond acceptors (Lipinski definition) is 2. The van der Waals surface area contributed by atoms with E-state index in [1.807, 2.05) is 6.92 Å². The van der Waals surface area contributed by atoms with Gasteiger partial charge in [0, 0.05) is 6.42 Å². The molecular weight excluding hydrogens is 585 g/mol. The van der Waals surface area contributed by atoms with Gasteiger partial charge in [0.05, 0.1) is 0 Å². The van der Waals surface area contributed by atoms with E-state index in [4.69, 9.17) is 4.74 Å². The van der Waals surface area contributed by atoms with E-state index in [1.54, 1.807) is 0 Å². The molecule has 0 saturated heterocycles. The maximum Gasteiger partial charge on any atom is 0.305 e. The van der Waals surface area contributed by atoms with Gasteiger partial charge in [-0.1, -0.05) is 172 Å². The molecule has 0 aromatic heterocycles. The monoisotopic (exact) mass is 667 g/mol. The Morgan fingerprint density at radius 1 is 0.521 bits per heavy atom. The summed E-state index contributed by atoms with van der Waals surface area (Å²) in [4.78, 5) is 12.0. The third kappa shape index (κ3) is 27.3. The van der Waals surface area contributed by atoms with Gasteiger partial charge in [0.2, 0.25) is 0 Å². The molecule has 0 spiro atoms. The molecule has 0 aliphatic heterocycles. The number of hydrogen-bond donors (Lipinski definition) is 0. The molecule has 0 heterocycles. The van der Waals surface area contributed by atoms with Crippen molar-refractivity contribution in [2.45, 2.75) is 232 Å². The maximum atomic E-state index is 12.0. The second-order valence-electron chi connectivity index (χ2n) is 15.1. The molecule has 0 aromatic carbocycles. The summed E-state index contributed by atoms with van der Waals surface area (Å²) in [6.45, 7) is 6.45. The Kier molecular flexibility index (Phi) is 31.4. The number of ether oxygens (including phenoxy) is 1. The van der Waals surface area contributed by atoms with Crippen molar-refractivity contribution >= 4 is 5.97 Å². The van der Waals surface area contributed by atoms with E-state index < -0.39 is 0 Å². The maximum absolute atomic E-state index is 12.0. The van der Waals surface area contributed by atoms with Gasteiger partial charge in [0.15, 0.2) is 0 Å². The molecular formula is C46H82O2. The summed E-state index contributed by atoms with van der Waals surface area (Å²) in [7, 11) is 0. The molecule has 2 heteroatoms. The average Bonchev–Trinajstić information content (AvgIpc) is 3.49. The van der Waals surface area contributed by atoms with Crippen LogP contribution in [0, 0.1) is 5.41 Å². The van der Waals surface area contributed by atoms with Crippen LogP contribution in [0.1, 0.15) is 226 Å². The highest BCUT2D eigenvalue weighted by Gasteiger charge is 2.39. The molecule has 1 saturated carbocycles. The number of esters is 1. The van der Waals surface area contributed by atoms with Crippen LogP contribution < -0.4 is 0 Å². The fraction of sp³-hybridized carbons (Fsp3) is 0.804. The van der Waals surface area contributed by atoms with Crippen molar-refractivity contribution in [3.05, 3.63) is 48.6 Å². The van der Waals surface area contributed by atoms with Gasteiger partial charge in [0.1, 0.15) is 6.10 Å². The molecule has 2 nitrogen and oxygen atoms in total. The molecule has 0 bridgehead atoms. The first-order valence-electron chi connectivity index (χ1n) is 21.4. The molecule has 48 heavy (non-hydrogen) atoms. The van der Waals surface area contributed by atoms with Crippen molar-refractivity contribution in [3.8, 4) is 0 Å². The molecule has 1 fully saturated rings. The SMILES string of the molecule is CCCCC/C=C\C/C=C\CCCCCCCCCC1(CCCCCCCCC/C=C\C/C=C\CCCCC)CCC(OC(=O)CC)C1. The average molecular weight is 667 g/mol. The predicted octanol–water partition coefficient (Wildman–Crippen LogP) is 15.7. The van der Waals surface area contributed by atoms with Crippen molar-refractivity contribution in [1.82, 2.24) is 0 Å². The minimum atomic E-state index is -0.00827. The quantitative estimate of drug-likeness (QED) is 0.0388. The van der Waals surface area contributed by atoms with E-state index in [0.29, 0.717) is 11.8 Å². The van der Waals surface area contributed by atoms with Gasteiger partial charge in [0.25, 0.3) is 0 Å². The van der Waals surface area contributed by atoms with Gasteiger partial charge in [-0.3, -0.25) is 4.79 Å². The molecule has 0 radical (unpaired) electrons. The largest absolute Gasteiger partial charge is 0.462 e. The molecule has 0 amide bonds. The minimum Gasteiger partial charge on any atom is -0.462 e. The van der Waals surface area contributed by atoms with Gasteiger partial charge in [-0.2, -0.15) is 0 Å². The van der Waals surface area contributed by atoms with Crippen molar-refractivity contribution in [2.24, 2.45) is 5.41 Å². The van der Waals surface area contributed by atoms with E-state index in [9.17, 15) is 4.79 Å². The summed E-state index contributed by atoms with van der Waals surface area (Å²) >= 11 is 0. The number of allylic oxidation sites excluding steroid dienone is 8. The van der Waals surface area contributed by atoms with Crippen LogP contribution in [0.2, 0.25) is 0 Å². The van der Waals surface area contributed by atoms with Crippen molar-refractivity contribution in [1.29, 1.82) is 0 Å². The number of rotatable bonds is 34. The van der Waals surface area contributed by atoms with E-state index in [1.165, 1.54) is 173 Å². The minimum absolute atomic E-state index is 0.00827. The van der Waals surface area contributed by atoms with Crippen LogP contribution in [0.5, 0.6) is 0 Å². The third-order valence-electron chi connectivity index (χ3n) is 10.6. The van der Waals surface area contributed by atoms with Gasteiger partial charge < -0.3 is 4.74 Å². The molecule has 1 aliphatic carbocycles. The van der Waals surface area contributed by atoms with Gasteiger partial charge >= 0.3 is 5.97 Å². The lowest BCUT2D eigenvalue weighted by atomic mass is 9.76. The van der Waals surface area contributed by atoms with E-state index in [0.717, 1.165) is 25.7 Å². The van der Waals surface area contributed by atoms with Gasteiger partial charge in [-0.05, 0) is 102 Å². The summed E-state index contributed by atoms with van der Waals surface area (Å²) in [6.07, 6.45) is 60.1. The normalized spacial score (nSPS) is 16.4. The first kappa shape index (κ1) is 44.5. The Morgan fingerprint density at radius 2 is 0.896 bits per heavy atom. The smallest absolute Gasteiger partial charge is 0.305 e. The summed E-state index contributed by atoms with van der Waals surface area (Å²) in [5.41, 5.74) is 0.423. The third-order valence-corrected chi connectivity index (χ3v) is 10.6. The molecule has 0 N–H and O–H groups in total. The number of carbonyl (C=O) groups excluding carboxylic acids is 1. The first-order valence-corrected chi connectivity index (χ1v) is 21.4. The van der Waals surface area contributed by atoms with Gasteiger partial charge in [-0.25, -0.2) is 0 Å². The molecule has 0 aromatic rings. The summed E-state index contributed by atoms with van der Waals surface area (Å²) in [6, 6.07) is 0. The lowest BCUT2D eigenvalue weighted by Crippen LogP contribution is -2.21. The topological polar surface area (TPSA) is 26.3 Å². The highest BCUT2D eigenvalue weighted by molar-refractivity contribution is 5.69. The zero-order valence-corrected chi connectivity index (χ0v) is 32.6. The lowest BCUT2D eigenvalue weighted by Gasteiger charge is -2.30. The first-order chi connectivity index (χ1) is 23.7. The zero-order chi connectivity index (χ0) is 34.6. The van der Waals surface area contributed by atoms with Crippen LogP contribution in [-0.4, -0.2) is 12.1 Å². The van der Waals surface area contributed by atoms with E-state index in [2.05, 4.69) is 62.5 Å². The van der Waals surface area contributed by atoms with Crippen LogP contribution >= 0.6 is 0 Å². The van der Waals surface area contributed by atoms with Crippen LogP contribution in [0.4, 0.5) is 0 Å². The van der Waals surface area contributed by atoms with Crippen molar-refractivity contribution < 1.29 is 9.53 Å². The number of unbranched alkanes of at least 4 members (excludes halogenated alkanes) is 20. The highest BCUT2D eigenvalue weighted by atomic mass is 16.5. The second kappa shape index (κ2) is 33.9. The lowest BCUT2D eigenvalue weighted by molar-refractivity contribution is -0.148. The Hall–Kier alpha value is -1.57. The van der Waals surface area contributed by atoms with Crippen LogP contribution in [0.15, 0.2) is 48.6 Å². The van der Waals surface area contributed by atoms with Gasteiger partial charge in [-0.15, -0.1) is 0 Å². The molecule has 1 rings (SSSR count). The Morgan fingerprint density at radius 3 is 1.29 bits per heavy atom. The molecule has 1 aliphatic rings. The summed E-state index contributed by atoms with van der Waals surface area (Å²) in [5.74, 6) is -0.00827. The second-order valence-corrected chi connectivity index (χ2v) is 15.1. The Bertz CT molecular complexity index is 768. The van der Waals surface area contributed by atoms with E-state index in [-0.39, 0.29) is 12.1 Å².